The summed E-state index contributed by atoms with van der Waals surface area (Å²) in [6.07, 6.45) is 0.390. The van der Waals surface area contributed by atoms with E-state index in [0.29, 0.717) is 23.1 Å². The maximum atomic E-state index is 11.3. The molecule has 4 N–H and O–H groups in total. The highest BCUT2D eigenvalue weighted by atomic mass is 79.9. The molecule has 0 aromatic carbocycles. The van der Waals surface area contributed by atoms with Crippen molar-refractivity contribution in [2.75, 3.05) is 13.6 Å². The molecule has 1 aliphatic heterocycles. The molecule has 1 aromatic rings. The van der Waals surface area contributed by atoms with E-state index < -0.39 is 10.9 Å². The summed E-state index contributed by atoms with van der Waals surface area (Å²) < 4.78 is 1.68. The zero-order valence-electron chi connectivity index (χ0n) is 9.88. The Hall–Kier alpha value is -0.970. The number of aromatic carboxylic acids is 1. The lowest BCUT2D eigenvalue weighted by molar-refractivity contribution is -0.350. The van der Waals surface area contributed by atoms with Crippen molar-refractivity contribution < 1.29 is 20.3 Å². The Morgan fingerprint density at radius 1 is 1.44 bits per heavy atom. The molecule has 2 heterocycles. The van der Waals surface area contributed by atoms with Gasteiger partial charge in [-0.2, -0.15) is 15.4 Å². The number of halogens is 1. The summed E-state index contributed by atoms with van der Waals surface area (Å²) in [5.74, 6) is -1.11. The maximum Gasteiger partial charge on any atom is 0.353 e. The van der Waals surface area contributed by atoms with Crippen LogP contribution in [-0.2, 0) is 13.5 Å². The third-order valence-electron chi connectivity index (χ3n) is 2.92. The second-order valence-corrected chi connectivity index (χ2v) is 4.95. The van der Waals surface area contributed by atoms with E-state index in [0.717, 1.165) is 0 Å². The van der Waals surface area contributed by atoms with Crippen LogP contribution in [0.1, 0.15) is 16.1 Å². The van der Waals surface area contributed by atoms with E-state index in [1.54, 1.807) is 14.1 Å². The molecule has 0 atom stereocenters. The average molecular weight is 322 g/mol. The van der Waals surface area contributed by atoms with Crippen LogP contribution in [0.25, 0.3) is 0 Å². The van der Waals surface area contributed by atoms with Gasteiger partial charge in [-0.1, -0.05) is 0 Å². The van der Waals surface area contributed by atoms with E-state index in [2.05, 4.69) is 21.5 Å². The smallest absolute Gasteiger partial charge is 0.353 e. The highest BCUT2D eigenvalue weighted by Gasteiger charge is 2.43. The lowest BCUT2D eigenvalue weighted by Gasteiger charge is -2.23. The summed E-state index contributed by atoms with van der Waals surface area (Å²) in [6, 6.07) is 0. The van der Waals surface area contributed by atoms with E-state index in [-0.39, 0.29) is 11.4 Å². The highest BCUT2D eigenvalue weighted by molar-refractivity contribution is 9.10. The summed E-state index contributed by atoms with van der Waals surface area (Å²) in [5, 5.41) is 30.7. The Labute approximate surface area is 111 Å². The van der Waals surface area contributed by atoms with Gasteiger partial charge in [0.15, 0.2) is 4.60 Å². The van der Waals surface area contributed by atoms with Crippen LogP contribution in [0.2, 0.25) is 0 Å². The van der Waals surface area contributed by atoms with Crippen molar-refractivity contribution >= 4 is 27.6 Å². The van der Waals surface area contributed by atoms with Gasteiger partial charge in [0.25, 0.3) is 5.69 Å². The number of likely N-dealkylation sites (N-methyl/N-ethyl adjacent to an activating group) is 1. The van der Waals surface area contributed by atoms with Gasteiger partial charge in [-0.05, 0) is 27.9 Å². The first-order valence-corrected chi connectivity index (χ1v) is 5.99. The van der Waals surface area contributed by atoms with Gasteiger partial charge in [-0.15, -0.1) is 0 Å². The summed E-state index contributed by atoms with van der Waals surface area (Å²) in [4.78, 5) is 9.68. The molecule has 0 unspecified atom stereocenters. The molecule has 0 saturated carbocycles. The minimum Gasteiger partial charge on any atom is -0.477 e. The van der Waals surface area contributed by atoms with Crippen molar-refractivity contribution in [2.24, 2.45) is 7.05 Å². The molecular weight excluding hydrogens is 308 g/mol. The van der Waals surface area contributed by atoms with E-state index in [9.17, 15) is 20.3 Å². The van der Waals surface area contributed by atoms with Crippen LogP contribution in [0, 0.1) is 0 Å². The lowest BCUT2D eigenvalue weighted by Crippen LogP contribution is -2.59. The van der Waals surface area contributed by atoms with Crippen molar-refractivity contribution in [3.8, 4) is 0 Å². The standard InChI is InChI=1S/C9H13BrN4O4/c1-12-4-3-5-6(9(15)16)13(2)8(10)7(5)14(17,18)11-12/h11,17-18H,3-4H2,1-2H3/p+1. The Morgan fingerprint density at radius 3 is 2.61 bits per heavy atom. The van der Waals surface area contributed by atoms with Crippen molar-refractivity contribution in [3.63, 3.8) is 0 Å². The fourth-order valence-corrected chi connectivity index (χ4v) is 2.80. The first kappa shape index (κ1) is 13.5. The topological polar surface area (TPSA) is 98.0 Å². The van der Waals surface area contributed by atoms with Crippen LogP contribution in [0.5, 0.6) is 0 Å². The molecule has 8 nitrogen and oxygen atoms in total. The molecule has 0 amide bonds. The molecule has 1 aliphatic rings. The predicted octanol–water partition coefficient (Wildman–Crippen LogP) is 0.479. The van der Waals surface area contributed by atoms with Crippen molar-refractivity contribution in [2.45, 2.75) is 6.42 Å². The van der Waals surface area contributed by atoms with Crippen LogP contribution in [0.3, 0.4) is 0 Å². The number of hydrogen-bond acceptors (Lipinski definition) is 5. The Kier molecular flexibility index (Phi) is 3.21. The number of aromatic nitrogens is 1. The fraction of sp³-hybridized carbons (Fsp3) is 0.444. The van der Waals surface area contributed by atoms with Gasteiger partial charge in [-0.25, -0.2) is 4.79 Å². The molecule has 0 fully saturated rings. The van der Waals surface area contributed by atoms with Crippen LogP contribution in [0.4, 0.5) is 5.69 Å². The number of carboxylic acid groups (broad SMARTS) is 1. The number of hydrogen-bond donors (Lipinski definition) is 4. The highest BCUT2D eigenvalue weighted by Crippen LogP contribution is 2.38. The van der Waals surface area contributed by atoms with Gasteiger partial charge in [0.2, 0.25) is 0 Å². The number of nitrogens with zero attached hydrogens (tertiary/aromatic N) is 3. The van der Waals surface area contributed by atoms with Gasteiger partial charge in [-0.3, -0.25) is 0 Å². The van der Waals surface area contributed by atoms with Crippen LogP contribution >= 0.6 is 15.9 Å². The molecule has 0 radical (unpaired) electrons. The maximum absolute atomic E-state index is 11.3. The Balaban J connectivity index is 2.70. The molecule has 0 saturated heterocycles. The monoisotopic (exact) mass is 321 g/mol. The number of fused-ring (bicyclic) bond motifs is 1. The molecule has 9 heteroatoms. The number of hydrazine groups is 1. The van der Waals surface area contributed by atoms with Gasteiger partial charge < -0.3 is 9.67 Å². The minimum atomic E-state index is -1.59. The summed E-state index contributed by atoms with van der Waals surface area (Å²) in [6.45, 7) is 0.449. The Bertz CT molecular complexity index is 513. The van der Waals surface area contributed by atoms with Gasteiger partial charge in [0.1, 0.15) is 5.69 Å². The number of carboxylic acids is 1. The average Bonchev–Trinajstić information content (AvgIpc) is 2.40. The van der Waals surface area contributed by atoms with Crippen molar-refractivity contribution in [1.29, 1.82) is 0 Å². The predicted molar refractivity (Wildman–Crippen MR) is 64.9 cm³/mol. The van der Waals surface area contributed by atoms with Crippen LogP contribution in [0.15, 0.2) is 4.60 Å². The van der Waals surface area contributed by atoms with E-state index in [4.69, 9.17) is 0 Å². The summed E-state index contributed by atoms with van der Waals surface area (Å²) >= 11 is 3.19. The third kappa shape index (κ3) is 1.94. The molecular formula is C9H14BrN4O4+. The number of rotatable bonds is 1. The molecule has 2 rings (SSSR count). The molecule has 100 valence electrons. The van der Waals surface area contributed by atoms with Crippen LogP contribution in [-0.4, -0.2) is 44.7 Å². The second kappa shape index (κ2) is 4.30. The number of carbonyl (C=O) groups is 1. The van der Waals surface area contributed by atoms with Gasteiger partial charge in [0.05, 0.1) is 10.5 Å². The Morgan fingerprint density at radius 2 is 2.06 bits per heavy atom. The zero-order chi connectivity index (χ0) is 13.7. The van der Waals surface area contributed by atoms with E-state index in [1.807, 2.05) is 0 Å². The van der Waals surface area contributed by atoms with Crippen molar-refractivity contribution in [3.05, 3.63) is 15.9 Å². The SMILES string of the molecule is CN1CCc2c(c(Br)n(C)c2C(=O)O)[N+](O)(O)N1. The number of nitrogens with one attached hydrogen (secondary N) is 1. The quantitative estimate of drug-likeness (QED) is 0.562. The molecule has 0 aliphatic carbocycles. The first-order valence-electron chi connectivity index (χ1n) is 5.20. The zero-order valence-corrected chi connectivity index (χ0v) is 11.5. The van der Waals surface area contributed by atoms with Crippen LogP contribution < -0.4 is 10.5 Å². The van der Waals surface area contributed by atoms with Gasteiger partial charge >= 0.3 is 5.97 Å². The fourth-order valence-electron chi connectivity index (χ4n) is 2.14. The first-order chi connectivity index (χ1) is 8.25. The lowest BCUT2D eigenvalue weighted by atomic mass is 10.1. The van der Waals surface area contributed by atoms with E-state index >= 15 is 0 Å². The molecule has 18 heavy (non-hydrogen) atoms. The third-order valence-corrected chi connectivity index (χ3v) is 3.83. The summed E-state index contributed by atoms with van der Waals surface area (Å²) in [5.41, 5.74) is 2.95. The van der Waals surface area contributed by atoms with Crippen molar-refractivity contribution in [1.82, 2.24) is 20.0 Å². The summed E-state index contributed by atoms with van der Waals surface area (Å²) in [7, 11) is 3.19. The van der Waals surface area contributed by atoms with Gasteiger partial charge in [0, 0.05) is 20.6 Å². The largest absolute Gasteiger partial charge is 0.477 e. The normalized spacial score (nSPS) is 19.4. The molecule has 0 bridgehead atoms. The number of quaternary nitrogens is 1. The molecule has 1 aromatic heterocycles. The second-order valence-electron chi connectivity index (χ2n) is 4.20. The molecule has 0 spiro atoms. The van der Waals surface area contributed by atoms with E-state index in [1.165, 1.54) is 9.58 Å². The minimum absolute atomic E-state index is 0.0413.